The Morgan fingerprint density at radius 1 is 1.55 bits per heavy atom. The van der Waals surface area contributed by atoms with Gasteiger partial charge in [-0.15, -0.1) is 0 Å². The lowest BCUT2D eigenvalue weighted by atomic mass is 10.3. The van der Waals surface area contributed by atoms with Crippen LogP contribution in [0.4, 0.5) is 6.01 Å². The Bertz CT molecular complexity index is 264. The normalized spacial score (nSPS) is 19.8. The lowest BCUT2D eigenvalue weighted by molar-refractivity contribution is 0.421. The maximum atomic E-state index is 4.91. The molecule has 1 aliphatic carbocycles. The number of aromatic nitrogens is 2. The van der Waals surface area contributed by atoms with Gasteiger partial charge in [-0.2, -0.15) is 4.98 Å². The minimum Gasteiger partial charge on any atom is -0.333 e. The summed E-state index contributed by atoms with van der Waals surface area (Å²) >= 11 is 0. The third kappa shape index (κ3) is 1.34. The van der Waals surface area contributed by atoms with Crippen molar-refractivity contribution in [3.05, 3.63) is 5.82 Å². The van der Waals surface area contributed by atoms with Crippen LogP contribution in [0.2, 0.25) is 0 Å². The Kier molecular flexibility index (Phi) is 1.19. The van der Waals surface area contributed by atoms with Crippen molar-refractivity contribution in [1.29, 1.82) is 0 Å². The molecule has 11 heavy (non-hydrogen) atoms. The molecule has 0 aliphatic heterocycles. The molecule has 1 fully saturated rings. The number of rotatable bonds is 2. The first-order valence-electron chi connectivity index (χ1n) is 3.76. The minimum absolute atomic E-state index is 0.221. The van der Waals surface area contributed by atoms with Crippen molar-refractivity contribution in [2.45, 2.75) is 32.2 Å². The summed E-state index contributed by atoms with van der Waals surface area (Å²) in [6.07, 6.45) is 2.38. The van der Waals surface area contributed by atoms with E-state index in [1.165, 1.54) is 12.8 Å². The quantitative estimate of drug-likeness (QED) is 0.696. The van der Waals surface area contributed by atoms with E-state index in [2.05, 4.69) is 22.4 Å². The zero-order chi connectivity index (χ0) is 7.90. The highest BCUT2D eigenvalue weighted by molar-refractivity contribution is 5.28. The van der Waals surface area contributed by atoms with Crippen molar-refractivity contribution < 1.29 is 4.52 Å². The molecule has 0 bridgehead atoms. The Morgan fingerprint density at radius 3 is 2.73 bits per heavy atom. The third-order valence-corrected chi connectivity index (χ3v) is 1.94. The van der Waals surface area contributed by atoms with Crippen molar-refractivity contribution in [3.63, 3.8) is 0 Å². The van der Waals surface area contributed by atoms with Crippen LogP contribution in [0, 0.1) is 6.92 Å². The van der Waals surface area contributed by atoms with E-state index in [9.17, 15) is 0 Å². The summed E-state index contributed by atoms with van der Waals surface area (Å²) in [4.78, 5) is 4.05. The Balaban J connectivity index is 2.06. The molecule has 0 amide bonds. The van der Waals surface area contributed by atoms with E-state index in [4.69, 9.17) is 4.52 Å². The van der Waals surface area contributed by atoms with Gasteiger partial charge in [0, 0.05) is 5.54 Å². The molecule has 1 aromatic rings. The van der Waals surface area contributed by atoms with Gasteiger partial charge >= 0.3 is 6.01 Å². The summed E-state index contributed by atoms with van der Waals surface area (Å²) in [6.45, 7) is 3.95. The molecule has 4 nitrogen and oxygen atoms in total. The molecule has 60 valence electrons. The second-order valence-corrected chi connectivity index (χ2v) is 3.33. The second kappa shape index (κ2) is 1.96. The standard InChI is InChI=1S/C7H11N3O/c1-5-8-6(11-10-5)9-7(2)3-4-7/h3-4H2,1-2H3,(H,8,9,10). The lowest BCUT2D eigenvalue weighted by Gasteiger charge is -2.05. The predicted molar refractivity (Wildman–Crippen MR) is 40.3 cm³/mol. The summed E-state index contributed by atoms with van der Waals surface area (Å²) in [5, 5.41) is 6.85. The Labute approximate surface area is 65.0 Å². The van der Waals surface area contributed by atoms with Gasteiger partial charge in [0.15, 0.2) is 5.82 Å². The van der Waals surface area contributed by atoms with E-state index in [0.29, 0.717) is 11.8 Å². The van der Waals surface area contributed by atoms with Crippen molar-refractivity contribution in [2.75, 3.05) is 5.32 Å². The van der Waals surface area contributed by atoms with Gasteiger partial charge in [0.1, 0.15) is 0 Å². The zero-order valence-electron chi connectivity index (χ0n) is 6.72. The molecule has 2 rings (SSSR count). The summed E-state index contributed by atoms with van der Waals surface area (Å²) in [5.74, 6) is 0.678. The first kappa shape index (κ1) is 6.64. The van der Waals surface area contributed by atoms with Crippen LogP contribution in [0.5, 0.6) is 0 Å². The van der Waals surface area contributed by atoms with E-state index in [1.807, 2.05) is 6.92 Å². The molecular formula is C7H11N3O. The van der Waals surface area contributed by atoms with Crippen LogP contribution in [-0.4, -0.2) is 15.7 Å². The minimum atomic E-state index is 0.221. The largest absolute Gasteiger partial charge is 0.333 e. The smallest absolute Gasteiger partial charge is 0.321 e. The average molecular weight is 153 g/mol. The number of aryl methyl sites for hydroxylation is 1. The number of hydrogen-bond acceptors (Lipinski definition) is 4. The molecule has 1 N–H and O–H groups in total. The van der Waals surface area contributed by atoms with Gasteiger partial charge in [-0.3, -0.25) is 0 Å². The fraction of sp³-hybridized carbons (Fsp3) is 0.714. The summed E-state index contributed by atoms with van der Waals surface area (Å²) in [5.41, 5.74) is 0.221. The third-order valence-electron chi connectivity index (χ3n) is 1.94. The van der Waals surface area contributed by atoms with Gasteiger partial charge in [0.2, 0.25) is 0 Å². The van der Waals surface area contributed by atoms with Crippen molar-refractivity contribution in [2.24, 2.45) is 0 Å². The first-order valence-corrected chi connectivity index (χ1v) is 3.76. The van der Waals surface area contributed by atoms with Gasteiger partial charge in [-0.25, -0.2) is 0 Å². The Morgan fingerprint density at radius 2 is 2.27 bits per heavy atom. The molecule has 1 aliphatic rings. The SMILES string of the molecule is Cc1noc(NC2(C)CC2)n1. The monoisotopic (exact) mass is 153 g/mol. The number of hydrogen-bond donors (Lipinski definition) is 1. The zero-order valence-corrected chi connectivity index (χ0v) is 6.72. The van der Waals surface area contributed by atoms with Crippen molar-refractivity contribution in [3.8, 4) is 0 Å². The molecule has 4 heteroatoms. The van der Waals surface area contributed by atoms with E-state index < -0.39 is 0 Å². The molecule has 0 aromatic carbocycles. The molecular weight excluding hydrogens is 142 g/mol. The topological polar surface area (TPSA) is 51.0 Å². The molecule has 0 radical (unpaired) electrons. The van der Waals surface area contributed by atoms with Gasteiger partial charge in [0.05, 0.1) is 0 Å². The van der Waals surface area contributed by atoms with Crippen molar-refractivity contribution >= 4 is 6.01 Å². The van der Waals surface area contributed by atoms with Crippen LogP contribution in [0.1, 0.15) is 25.6 Å². The van der Waals surface area contributed by atoms with Crippen LogP contribution >= 0.6 is 0 Å². The second-order valence-electron chi connectivity index (χ2n) is 3.33. The molecule has 0 unspecified atom stereocenters. The van der Waals surface area contributed by atoms with E-state index >= 15 is 0 Å². The maximum absolute atomic E-state index is 4.91. The Hall–Kier alpha value is -1.06. The van der Waals surface area contributed by atoms with Crippen LogP contribution < -0.4 is 5.32 Å². The average Bonchev–Trinajstić information content (AvgIpc) is 2.49. The van der Waals surface area contributed by atoms with Crippen LogP contribution in [-0.2, 0) is 0 Å². The fourth-order valence-corrected chi connectivity index (χ4v) is 0.919. The maximum Gasteiger partial charge on any atom is 0.321 e. The molecule has 0 atom stereocenters. The van der Waals surface area contributed by atoms with Gasteiger partial charge < -0.3 is 9.84 Å². The van der Waals surface area contributed by atoms with Crippen LogP contribution in [0.25, 0.3) is 0 Å². The molecule has 1 aromatic heterocycles. The molecule has 0 spiro atoms. The summed E-state index contributed by atoms with van der Waals surface area (Å²) < 4.78 is 4.91. The number of nitrogens with zero attached hydrogens (tertiary/aromatic N) is 2. The summed E-state index contributed by atoms with van der Waals surface area (Å²) in [6, 6.07) is 0.544. The van der Waals surface area contributed by atoms with Gasteiger partial charge in [0.25, 0.3) is 0 Å². The number of nitrogens with one attached hydrogen (secondary N) is 1. The lowest BCUT2D eigenvalue weighted by Crippen LogP contribution is -2.15. The molecule has 0 saturated heterocycles. The highest BCUT2D eigenvalue weighted by Crippen LogP contribution is 2.37. The van der Waals surface area contributed by atoms with E-state index in [1.54, 1.807) is 0 Å². The van der Waals surface area contributed by atoms with Crippen LogP contribution in [0.3, 0.4) is 0 Å². The molecule has 1 heterocycles. The fourth-order valence-electron chi connectivity index (χ4n) is 0.919. The predicted octanol–water partition coefficient (Wildman–Crippen LogP) is 1.34. The molecule has 1 saturated carbocycles. The number of anilines is 1. The first-order chi connectivity index (χ1) is 5.18. The van der Waals surface area contributed by atoms with Crippen LogP contribution in [0.15, 0.2) is 4.52 Å². The van der Waals surface area contributed by atoms with E-state index in [0.717, 1.165) is 0 Å². The van der Waals surface area contributed by atoms with Gasteiger partial charge in [-0.05, 0) is 26.7 Å². The highest BCUT2D eigenvalue weighted by Gasteiger charge is 2.38. The summed E-state index contributed by atoms with van der Waals surface area (Å²) in [7, 11) is 0. The van der Waals surface area contributed by atoms with Gasteiger partial charge in [-0.1, -0.05) is 5.16 Å². The van der Waals surface area contributed by atoms with E-state index in [-0.39, 0.29) is 5.54 Å². The highest BCUT2D eigenvalue weighted by atomic mass is 16.5. The van der Waals surface area contributed by atoms with Crippen molar-refractivity contribution in [1.82, 2.24) is 10.1 Å².